The molecule has 0 bridgehead atoms. The summed E-state index contributed by atoms with van der Waals surface area (Å²) in [6, 6.07) is 9.25. The summed E-state index contributed by atoms with van der Waals surface area (Å²) in [5.74, 6) is 1.11. The van der Waals surface area contributed by atoms with E-state index in [1.165, 1.54) is 11.1 Å². The van der Waals surface area contributed by atoms with Crippen molar-refractivity contribution < 1.29 is 9.53 Å². The average Bonchev–Trinajstić information content (AvgIpc) is 3.23. The molecule has 0 aromatic heterocycles. The Labute approximate surface area is 210 Å². The minimum absolute atomic E-state index is 0. The van der Waals surface area contributed by atoms with Crippen LogP contribution in [0.3, 0.4) is 0 Å². The van der Waals surface area contributed by atoms with E-state index in [1.54, 1.807) is 0 Å². The zero-order chi connectivity index (χ0) is 22.2. The highest BCUT2D eigenvalue weighted by Crippen LogP contribution is 2.23. The molecule has 32 heavy (non-hydrogen) atoms. The van der Waals surface area contributed by atoms with Crippen LogP contribution in [0.5, 0.6) is 0 Å². The Balaban J connectivity index is 0.00000363. The molecule has 7 nitrogen and oxygen atoms in total. The van der Waals surface area contributed by atoms with Gasteiger partial charge in [-0.3, -0.25) is 14.7 Å². The molecule has 2 unspecified atom stereocenters. The number of aliphatic imine (C=N–C) groups is 1. The monoisotopic (exact) mass is 557 g/mol. The highest BCUT2D eigenvalue weighted by atomic mass is 127. The van der Waals surface area contributed by atoms with E-state index in [-0.39, 0.29) is 47.9 Å². The fraction of sp³-hybridized carbons (Fsp3) is 0.667. The Bertz CT molecular complexity index is 734. The molecule has 2 aliphatic rings. The van der Waals surface area contributed by atoms with Crippen molar-refractivity contribution in [2.75, 3.05) is 52.5 Å². The number of ether oxygens (including phenoxy) is 1. The second kappa shape index (κ2) is 13.3. The maximum atomic E-state index is 12.3. The lowest BCUT2D eigenvalue weighted by atomic mass is 10.0. The van der Waals surface area contributed by atoms with Crippen LogP contribution >= 0.6 is 24.0 Å². The molecule has 2 fully saturated rings. The van der Waals surface area contributed by atoms with E-state index < -0.39 is 0 Å². The van der Waals surface area contributed by atoms with Gasteiger partial charge in [-0.05, 0) is 25.8 Å². The Kier molecular flexibility index (Phi) is 11.2. The van der Waals surface area contributed by atoms with Crippen LogP contribution < -0.4 is 10.6 Å². The highest BCUT2D eigenvalue weighted by Gasteiger charge is 2.28. The van der Waals surface area contributed by atoms with Gasteiger partial charge in [-0.15, -0.1) is 24.0 Å². The molecule has 180 valence electrons. The number of guanidine groups is 1. The molecular formula is C24H40IN5O2. The van der Waals surface area contributed by atoms with Crippen LogP contribution in [0.1, 0.15) is 44.4 Å². The fourth-order valence-corrected chi connectivity index (χ4v) is 4.24. The molecule has 0 aliphatic carbocycles. The molecule has 2 aliphatic heterocycles. The fourth-order valence-electron chi connectivity index (χ4n) is 4.24. The average molecular weight is 558 g/mol. The highest BCUT2D eigenvalue weighted by molar-refractivity contribution is 14.0. The van der Waals surface area contributed by atoms with Crippen LogP contribution in [0.15, 0.2) is 29.3 Å². The van der Waals surface area contributed by atoms with Crippen molar-refractivity contribution in [2.24, 2.45) is 10.9 Å². The first kappa shape index (κ1) is 26.9. The third-order valence-electron chi connectivity index (χ3n) is 6.05. The summed E-state index contributed by atoms with van der Waals surface area (Å²) in [5.41, 5.74) is 2.56. The van der Waals surface area contributed by atoms with Crippen molar-refractivity contribution in [2.45, 2.75) is 46.2 Å². The molecule has 0 radical (unpaired) electrons. The van der Waals surface area contributed by atoms with Crippen molar-refractivity contribution in [1.82, 2.24) is 20.4 Å². The first-order valence-corrected chi connectivity index (χ1v) is 11.7. The van der Waals surface area contributed by atoms with Crippen LogP contribution in [0.2, 0.25) is 0 Å². The van der Waals surface area contributed by atoms with Crippen LogP contribution in [-0.4, -0.2) is 80.2 Å². The summed E-state index contributed by atoms with van der Waals surface area (Å²) in [7, 11) is 0. The van der Waals surface area contributed by atoms with Gasteiger partial charge in [0, 0.05) is 44.7 Å². The maximum absolute atomic E-state index is 12.3. The van der Waals surface area contributed by atoms with E-state index in [9.17, 15) is 4.79 Å². The predicted octanol–water partition coefficient (Wildman–Crippen LogP) is 2.80. The lowest BCUT2D eigenvalue weighted by Gasteiger charge is -2.34. The summed E-state index contributed by atoms with van der Waals surface area (Å²) >= 11 is 0. The van der Waals surface area contributed by atoms with E-state index in [0.717, 1.165) is 58.3 Å². The topological polar surface area (TPSA) is 69.2 Å². The Morgan fingerprint density at radius 2 is 1.88 bits per heavy atom. The van der Waals surface area contributed by atoms with Crippen LogP contribution in [-0.2, 0) is 9.53 Å². The summed E-state index contributed by atoms with van der Waals surface area (Å²) < 4.78 is 5.57. The van der Waals surface area contributed by atoms with E-state index in [4.69, 9.17) is 9.73 Å². The van der Waals surface area contributed by atoms with E-state index >= 15 is 0 Å². The molecule has 2 atom stereocenters. The summed E-state index contributed by atoms with van der Waals surface area (Å²) in [5, 5.41) is 6.95. The number of hydrogen-bond donors (Lipinski definition) is 2. The van der Waals surface area contributed by atoms with Crippen LogP contribution in [0.25, 0.3) is 0 Å². The van der Waals surface area contributed by atoms with Gasteiger partial charge in [0.2, 0.25) is 5.91 Å². The molecule has 8 heteroatoms. The first-order valence-electron chi connectivity index (χ1n) is 11.7. The number of likely N-dealkylation sites (tertiary alicyclic amines) is 1. The van der Waals surface area contributed by atoms with Gasteiger partial charge in [0.1, 0.15) is 0 Å². The molecule has 2 heterocycles. The van der Waals surface area contributed by atoms with Crippen LogP contribution in [0, 0.1) is 12.8 Å². The van der Waals surface area contributed by atoms with Gasteiger partial charge in [-0.2, -0.15) is 0 Å². The zero-order valence-corrected chi connectivity index (χ0v) is 22.3. The number of amides is 1. The second-order valence-electron chi connectivity index (χ2n) is 8.86. The van der Waals surface area contributed by atoms with Crippen LogP contribution in [0.4, 0.5) is 0 Å². The predicted molar refractivity (Wildman–Crippen MR) is 141 cm³/mol. The summed E-state index contributed by atoms with van der Waals surface area (Å²) in [6.45, 7) is 14.6. The number of nitrogens with one attached hydrogen (secondary N) is 2. The van der Waals surface area contributed by atoms with E-state index in [1.807, 2.05) is 18.7 Å². The number of nitrogens with zero attached hydrogens (tertiary/aromatic N) is 3. The molecule has 3 rings (SSSR count). The molecule has 1 aromatic carbocycles. The van der Waals surface area contributed by atoms with Gasteiger partial charge in [0.15, 0.2) is 5.96 Å². The van der Waals surface area contributed by atoms with Crippen molar-refractivity contribution in [3.63, 3.8) is 0 Å². The normalized spacial score (nSPS) is 20.7. The first-order chi connectivity index (χ1) is 15.0. The number of rotatable bonds is 7. The van der Waals surface area contributed by atoms with Crippen molar-refractivity contribution in [3.05, 3.63) is 35.4 Å². The van der Waals surface area contributed by atoms with Gasteiger partial charge >= 0.3 is 0 Å². The number of morpholine rings is 1. The third-order valence-corrected chi connectivity index (χ3v) is 6.05. The molecule has 2 saturated heterocycles. The Morgan fingerprint density at radius 1 is 1.19 bits per heavy atom. The van der Waals surface area contributed by atoms with Crippen molar-refractivity contribution >= 4 is 35.8 Å². The molecule has 2 N–H and O–H groups in total. The minimum atomic E-state index is 0. The number of hydrogen-bond acceptors (Lipinski definition) is 4. The number of carbonyl (C=O) groups is 1. The third kappa shape index (κ3) is 7.59. The molecule has 0 spiro atoms. The SMILES string of the molecule is CCNC(=NCC(c1ccc(C)cc1)N1CCOCC1)NC1CCN(C(=O)C(C)C)C1.I. The molecule has 1 amide bonds. The molecular weight excluding hydrogens is 517 g/mol. The van der Waals surface area contributed by atoms with Gasteiger partial charge in [-0.1, -0.05) is 43.7 Å². The number of carbonyl (C=O) groups excluding carboxylic acids is 1. The Morgan fingerprint density at radius 3 is 2.50 bits per heavy atom. The van der Waals surface area contributed by atoms with Gasteiger partial charge in [0.25, 0.3) is 0 Å². The second-order valence-corrected chi connectivity index (χ2v) is 8.86. The number of benzene rings is 1. The standard InChI is InChI=1S/C24H39N5O2.HI/c1-5-25-24(27-21-10-11-29(17-21)23(30)18(2)3)26-16-22(28-12-14-31-15-13-28)20-8-6-19(4)7-9-20;/h6-9,18,21-22H,5,10-17H2,1-4H3,(H2,25,26,27);1H. The minimum Gasteiger partial charge on any atom is -0.379 e. The van der Waals surface area contributed by atoms with Crippen molar-refractivity contribution in [1.29, 1.82) is 0 Å². The summed E-state index contributed by atoms with van der Waals surface area (Å²) in [4.78, 5) is 21.7. The number of aryl methyl sites for hydroxylation is 1. The molecule has 1 aromatic rings. The van der Waals surface area contributed by atoms with Gasteiger partial charge in [-0.25, -0.2) is 0 Å². The smallest absolute Gasteiger partial charge is 0.225 e. The largest absolute Gasteiger partial charge is 0.379 e. The summed E-state index contributed by atoms with van der Waals surface area (Å²) in [6.07, 6.45) is 0.952. The quantitative estimate of drug-likeness (QED) is 0.307. The van der Waals surface area contributed by atoms with E-state index in [2.05, 4.69) is 53.6 Å². The van der Waals surface area contributed by atoms with Gasteiger partial charge < -0.3 is 20.3 Å². The Hall–Kier alpha value is -1.39. The zero-order valence-electron chi connectivity index (χ0n) is 20.0. The lowest BCUT2D eigenvalue weighted by molar-refractivity contribution is -0.133. The number of halogens is 1. The van der Waals surface area contributed by atoms with Crippen molar-refractivity contribution in [3.8, 4) is 0 Å². The molecule has 0 saturated carbocycles. The van der Waals surface area contributed by atoms with Gasteiger partial charge in [0.05, 0.1) is 25.8 Å². The lowest BCUT2D eigenvalue weighted by Crippen LogP contribution is -2.46. The van der Waals surface area contributed by atoms with E-state index in [0.29, 0.717) is 6.54 Å². The maximum Gasteiger partial charge on any atom is 0.225 e.